The first-order valence-electron chi connectivity index (χ1n) is 7.29. The molecule has 0 unspecified atom stereocenters. The highest BCUT2D eigenvalue weighted by Gasteiger charge is 2.37. The third-order valence-corrected chi connectivity index (χ3v) is 5.20. The van der Waals surface area contributed by atoms with Crippen LogP contribution in [-0.4, -0.2) is 12.1 Å². The molecule has 0 bridgehead atoms. The number of allylic oxidation sites excluding steroid dienone is 2. The second-order valence-electron chi connectivity index (χ2n) is 6.69. The van der Waals surface area contributed by atoms with Crippen LogP contribution in [0.5, 0.6) is 0 Å². The van der Waals surface area contributed by atoms with Gasteiger partial charge in [0.1, 0.15) is 5.60 Å². The van der Waals surface area contributed by atoms with E-state index in [4.69, 9.17) is 4.74 Å². The summed E-state index contributed by atoms with van der Waals surface area (Å²) in [7, 11) is 0. The third-order valence-electron chi connectivity index (χ3n) is 5.20. The summed E-state index contributed by atoms with van der Waals surface area (Å²) in [5.74, 6) is 1.93. The van der Waals surface area contributed by atoms with Crippen LogP contribution in [0.15, 0.2) is 11.1 Å². The zero-order valence-corrected chi connectivity index (χ0v) is 12.2. The lowest BCUT2D eigenvalue weighted by Crippen LogP contribution is -2.34. The summed E-state index contributed by atoms with van der Waals surface area (Å²) < 4.78 is 5.34. The molecule has 0 aromatic carbocycles. The van der Waals surface area contributed by atoms with E-state index in [0.717, 1.165) is 18.3 Å². The fourth-order valence-electron chi connectivity index (χ4n) is 3.73. The van der Waals surface area contributed by atoms with Gasteiger partial charge in [-0.15, -0.1) is 0 Å². The Kier molecular flexibility index (Phi) is 3.84. The Morgan fingerprint density at radius 3 is 2.44 bits per heavy atom. The minimum atomic E-state index is -0.327. The van der Waals surface area contributed by atoms with Crippen LogP contribution in [0.4, 0.5) is 0 Å². The summed E-state index contributed by atoms with van der Waals surface area (Å²) in [6.07, 6.45) is 6.14. The van der Waals surface area contributed by atoms with Crippen molar-refractivity contribution in [2.75, 3.05) is 0 Å². The Morgan fingerprint density at radius 1 is 1.11 bits per heavy atom. The van der Waals surface area contributed by atoms with Crippen molar-refractivity contribution in [3.63, 3.8) is 0 Å². The first kappa shape index (κ1) is 13.6. The molecule has 2 heteroatoms. The van der Waals surface area contributed by atoms with Gasteiger partial charge in [0.05, 0.1) is 0 Å². The lowest BCUT2D eigenvalue weighted by molar-refractivity contribution is -0.145. The highest BCUT2D eigenvalue weighted by Crippen LogP contribution is 2.46. The summed E-state index contributed by atoms with van der Waals surface area (Å²) in [6.45, 7) is 9.44. The molecule has 18 heavy (non-hydrogen) atoms. The van der Waals surface area contributed by atoms with Crippen LogP contribution in [0.1, 0.15) is 59.8 Å². The number of hydrogen-bond acceptors (Lipinski definition) is 2. The summed E-state index contributed by atoms with van der Waals surface area (Å²) in [6, 6.07) is 0. The molecule has 2 aliphatic rings. The molecule has 0 amide bonds. The zero-order chi connectivity index (χ0) is 13.3. The largest absolute Gasteiger partial charge is 0.462 e. The third kappa shape index (κ3) is 2.48. The predicted molar refractivity (Wildman–Crippen MR) is 73.2 cm³/mol. The van der Waals surface area contributed by atoms with Crippen molar-refractivity contribution in [1.29, 1.82) is 0 Å². The number of carbonyl (C=O) groups excluding carboxylic acids is 1. The molecule has 0 aromatic rings. The van der Waals surface area contributed by atoms with Crippen molar-refractivity contribution in [3.05, 3.63) is 11.1 Å². The quantitative estimate of drug-likeness (QED) is 0.557. The molecule has 0 aliphatic heterocycles. The van der Waals surface area contributed by atoms with Gasteiger partial charge >= 0.3 is 0 Å². The maximum absolute atomic E-state index is 10.7. The molecule has 2 rings (SSSR count). The number of ether oxygens (including phenoxy) is 1. The van der Waals surface area contributed by atoms with Crippen LogP contribution in [0.25, 0.3) is 0 Å². The average molecular weight is 250 g/mol. The Labute approximate surface area is 111 Å². The van der Waals surface area contributed by atoms with Crippen LogP contribution < -0.4 is 0 Å². The van der Waals surface area contributed by atoms with E-state index in [9.17, 15) is 4.79 Å². The molecule has 2 aliphatic carbocycles. The van der Waals surface area contributed by atoms with E-state index in [2.05, 4.69) is 27.7 Å². The van der Waals surface area contributed by atoms with Crippen molar-refractivity contribution in [1.82, 2.24) is 0 Å². The Bertz CT molecular complexity index is 354. The normalized spacial score (nSPS) is 33.0. The first-order valence-corrected chi connectivity index (χ1v) is 7.29. The molecular formula is C16H26O2. The molecule has 0 fully saturated rings. The van der Waals surface area contributed by atoms with Gasteiger partial charge in [0.2, 0.25) is 0 Å². The molecule has 3 atom stereocenters. The maximum atomic E-state index is 10.7. The van der Waals surface area contributed by atoms with Gasteiger partial charge in [-0.05, 0) is 57.8 Å². The monoisotopic (exact) mass is 250 g/mol. The maximum Gasteiger partial charge on any atom is 0.293 e. The van der Waals surface area contributed by atoms with Gasteiger partial charge in [0, 0.05) is 5.92 Å². The standard InChI is InChI=1S/C16H26O2/c1-11-5-7-13(16(3,4)18-10-17)9-15-12(2)6-8-14(11)15/h10-13H,5-9H2,1-4H3/t11-,12-,13+/m0/s1. The number of carbonyl (C=O) groups is 1. The molecule has 0 aromatic heterocycles. The van der Waals surface area contributed by atoms with E-state index >= 15 is 0 Å². The second kappa shape index (κ2) is 5.07. The van der Waals surface area contributed by atoms with Crippen molar-refractivity contribution < 1.29 is 9.53 Å². The molecule has 0 spiro atoms. The molecule has 0 heterocycles. The van der Waals surface area contributed by atoms with Crippen LogP contribution in [0, 0.1) is 17.8 Å². The van der Waals surface area contributed by atoms with Gasteiger partial charge < -0.3 is 4.74 Å². The fraction of sp³-hybridized carbons (Fsp3) is 0.812. The Morgan fingerprint density at radius 2 is 1.78 bits per heavy atom. The summed E-state index contributed by atoms with van der Waals surface area (Å²) >= 11 is 0. The number of hydrogen-bond donors (Lipinski definition) is 0. The van der Waals surface area contributed by atoms with Gasteiger partial charge in [-0.3, -0.25) is 4.79 Å². The topological polar surface area (TPSA) is 26.3 Å². The van der Waals surface area contributed by atoms with E-state index < -0.39 is 0 Å². The molecular weight excluding hydrogens is 224 g/mol. The van der Waals surface area contributed by atoms with E-state index in [1.165, 1.54) is 25.7 Å². The van der Waals surface area contributed by atoms with Gasteiger partial charge in [-0.1, -0.05) is 25.0 Å². The summed E-state index contributed by atoms with van der Waals surface area (Å²) in [4.78, 5) is 10.7. The van der Waals surface area contributed by atoms with E-state index in [1.54, 1.807) is 11.1 Å². The van der Waals surface area contributed by atoms with Crippen molar-refractivity contribution in [2.24, 2.45) is 17.8 Å². The Hall–Kier alpha value is -0.790. The highest BCUT2D eigenvalue weighted by molar-refractivity contribution is 5.38. The zero-order valence-electron chi connectivity index (χ0n) is 12.2. The highest BCUT2D eigenvalue weighted by atomic mass is 16.5. The lowest BCUT2D eigenvalue weighted by atomic mass is 9.81. The van der Waals surface area contributed by atoms with E-state index in [0.29, 0.717) is 12.4 Å². The second-order valence-corrected chi connectivity index (χ2v) is 6.69. The van der Waals surface area contributed by atoms with Crippen LogP contribution >= 0.6 is 0 Å². The van der Waals surface area contributed by atoms with Gasteiger partial charge in [-0.2, -0.15) is 0 Å². The molecule has 2 nitrogen and oxygen atoms in total. The minimum Gasteiger partial charge on any atom is -0.462 e. The smallest absolute Gasteiger partial charge is 0.293 e. The van der Waals surface area contributed by atoms with Crippen molar-refractivity contribution >= 4 is 6.47 Å². The average Bonchev–Trinajstić information content (AvgIpc) is 2.55. The Balaban J connectivity index is 2.20. The molecule has 0 saturated carbocycles. The van der Waals surface area contributed by atoms with Crippen LogP contribution in [0.2, 0.25) is 0 Å². The molecule has 0 radical (unpaired) electrons. The van der Waals surface area contributed by atoms with Crippen molar-refractivity contribution in [2.45, 2.75) is 65.4 Å². The molecule has 0 saturated heterocycles. The molecule has 102 valence electrons. The molecule has 0 N–H and O–H groups in total. The van der Waals surface area contributed by atoms with E-state index in [1.807, 2.05) is 0 Å². The minimum absolute atomic E-state index is 0.327. The van der Waals surface area contributed by atoms with Gasteiger partial charge in [-0.25, -0.2) is 0 Å². The predicted octanol–water partition coefficient (Wildman–Crippen LogP) is 4.10. The van der Waals surface area contributed by atoms with Gasteiger partial charge in [0.25, 0.3) is 6.47 Å². The van der Waals surface area contributed by atoms with Crippen molar-refractivity contribution in [3.8, 4) is 0 Å². The van der Waals surface area contributed by atoms with Crippen LogP contribution in [-0.2, 0) is 9.53 Å². The summed E-state index contributed by atoms with van der Waals surface area (Å²) in [5, 5.41) is 0. The number of rotatable bonds is 3. The van der Waals surface area contributed by atoms with Crippen LogP contribution in [0.3, 0.4) is 0 Å². The lowest BCUT2D eigenvalue weighted by Gasteiger charge is -2.33. The fourth-order valence-corrected chi connectivity index (χ4v) is 3.73. The summed E-state index contributed by atoms with van der Waals surface area (Å²) in [5.41, 5.74) is 3.06. The van der Waals surface area contributed by atoms with E-state index in [-0.39, 0.29) is 5.60 Å². The SMILES string of the molecule is C[C@H]1CC[C@@H](C(C)(C)OC=O)CC2=C1CC[C@@H]2C. The van der Waals surface area contributed by atoms with Gasteiger partial charge in [0.15, 0.2) is 0 Å². The first-order chi connectivity index (χ1) is 8.45.